The molecule has 0 spiro atoms. The molecule has 2 heterocycles. The Morgan fingerprint density at radius 3 is 3.09 bits per heavy atom. The highest BCUT2D eigenvalue weighted by Crippen LogP contribution is 2.29. The van der Waals surface area contributed by atoms with Gasteiger partial charge in [-0.1, -0.05) is 17.7 Å². The van der Waals surface area contributed by atoms with Gasteiger partial charge in [-0.05, 0) is 24.6 Å². The summed E-state index contributed by atoms with van der Waals surface area (Å²) in [5.41, 5.74) is 0.867. The van der Waals surface area contributed by atoms with Crippen molar-refractivity contribution in [2.45, 2.75) is 23.8 Å². The number of nitrogens with zero attached hydrogens (tertiary/aromatic N) is 2. The highest BCUT2D eigenvalue weighted by atomic mass is 35.5. The first kappa shape index (κ1) is 15.6. The predicted molar refractivity (Wildman–Crippen MR) is 89.3 cm³/mol. The van der Waals surface area contributed by atoms with Crippen LogP contribution in [-0.2, 0) is 4.79 Å². The van der Waals surface area contributed by atoms with Crippen molar-refractivity contribution in [1.82, 2.24) is 9.88 Å². The van der Waals surface area contributed by atoms with E-state index in [2.05, 4.69) is 4.98 Å². The molecule has 3 rings (SSSR count). The molecule has 0 unspecified atom stereocenters. The van der Waals surface area contributed by atoms with Gasteiger partial charge in [0.1, 0.15) is 0 Å². The number of aliphatic hydroxyl groups excluding tert-OH is 1. The minimum atomic E-state index is -0.356. The summed E-state index contributed by atoms with van der Waals surface area (Å²) in [6.45, 7) is 1.14. The lowest BCUT2D eigenvalue weighted by molar-refractivity contribution is -0.130. The molecule has 1 fully saturated rings. The van der Waals surface area contributed by atoms with E-state index in [-0.39, 0.29) is 12.0 Å². The number of thioether (sulfide) groups is 1. The Labute approximate surface area is 138 Å². The van der Waals surface area contributed by atoms with Crippen molar-refractivity contribution in [3.8, 4) is 0 Å². The summed E-state index contributed by atoms with van der Waals surface area (Å²) < 4.78 is 0. The number of amides is 1. The van der Waals surface area contributed by atoms with Gasteiger partial charge in [-0.2, -0.15) is 0 Å². The molecule has 22 heavy (non-hydrogen) atoms. The van der Waals surface area contributed by atoms with Crippen molar-refractivity contribution in [3.63, 3.8) is 0 Å². The van der Waals surface area contributed by atoms with Crippen LogP contribution in [0, 0.1) is 0 Å². The Balaban J connectivity index is 1.61. The Hall–Kier alpha value is -1.30. The first-order valence-electron chi connectivity index (χ1n) is 7.26. The maximum absolute atomic E-state index is 12.1. The van der Waals surface area contributed by atoms with Gasteiger partial charge in [0.25, 0.3) is 0 Å². The van der Waals surface area contributed by atoms with E-state index < -0.39 is 0 Å². The third kappa shape index (κ3) is 3.54. The lowest BCUT2D eigenvalue weighted by atomic mass is 10.2. The SMILES string of the molecule is O=C(CCSc1ccnc2cc(Cl)ccc12)N1CC[C@@H](O)C1. The normalized spacial score (nSPS) is 18.1. The second-order valence-corrected chi connectivity index (χ2v) is 6.92. The molecule has 1 aliphatic rings. The number of aliphatic hydroxyl groups is 1. The second-order valence-electron chi connectivity index (χ2n) is 5.35. The first-order valence-corrected chi connectivity index (χ1v) is 8.63. The van der Waals surface area contributed by atoms with Crippen LogP contribution in [0.2, 0.25) is 5.02 Å². The Morgan fingerprint density at radius 1 is 1.45 bits per heavy atom. The number of fused-ring (bicyclic) bond motifs is 1. The van der Waals surface area contributed by atoms with Gasteiger partial charge in [-0.3, -0.25) is 9.78 Å². The third-order valence-corrected chi connectivity index (χ3v) is 5.06. The molecule has 116 valence electrons. The van der Waals surface area contributed by atoms with Crippen molar-refractivity contribution >= 4 is 40.2 Å². The van der Waals surface area contributed by atoms with Crippen LogP contribution in [0.3, 0.4) is 0 Å². The molecular formula is C16H17ClN2O2S. The molecular weight excluding hydrogens is 320 g/mol. The second kappa shape index (κ2) is 6.86. The molecule has 4 nitrogen and oxygen atoms in total. The average molecular weight is 337 g/mol. The number of rotatable bonds is 4. The lowest BCUT2D eigenvalue weighted by Gasteiger charge is -2.15. The summed E-state index contributed by atoms with van der Waals surface area (Å²) in [4.78, 5) is 19.2. The van der Waals surface area contributed by atoms with Gasteiger partial charge < -0.3 is 10.0 Å². The monoisotopic (exact) mass is 336 g/mol. The Kier molecular flexibility index (Phi) is 4.86. The van der Waals surface area contributed by atoms with Crippen molar-refractivity contribution < 1.29 is 9.90 Å². The minimum absolute atomic E-state index is 0.116. The van der Waals surface area contributed by atoms with E-state index in [0.717, 1.165) is 15.8 Å². The Bertz CT molecular complexity index is 695. The quantitative estimate of drug-likeness (QED) is 0.872. The standard InChI is InChI=1S/C16H17ClN2O2S/c17-11-1-2-13-14(9-11)18-6-3-15(13)22-8-5-16(21)19-7-4-12(20)10-19/h1-3,6,9,12,20H,4-5,7-8,10H2/t12-/m1/s1. The van der Waals surface area contributed by atoms with Gasteiger partial charge in [-0.25, -0.2) is 0 Å². The fourth-order valence-electron chi connectivity index (χ4n) is 2.60. The summed E-state index contributed by atoms with van der Waals surface area (Å²) in [5.74, 6) is 0.832. The zero-order valence-corrected chi connectivity index (χ0v) is 13.6. The highest BCUT2D eigenvalue weighted by Gasteiger charge is 2.23. The van der Waals surface area contributed by atoms with E-state index >= 15 is 0 Å². The van der Waals surface area contributed by atoms with Gasteiger partial charge in [-0.15, -0.1) is 11.8 Å². The van der Waals surface area contributed by atoms with E-state index in [1.807, 2.05) is 24.3 Å². The molecule has 6 heteroatoms. The number of halogens is 1. The van der Waals surface area contributed by atoms with E-state index in [1.165, 1.54) is 0 Å². The molecule has 1 aromatic carbocycles. The molecule has 0 bridgehead atoms. The maximum Gasteiger partial charge on any atom is 0.223 e. The van der Waals surface area contributed by atoms with Crippen molar-refractivity contribution in [1.29, 1.82) is 0 Å². The molecule has 0 aliphatic carbocycles. The topological polar surface area (TPSA) is 53.4 Å². The maximum atomic E-state index is 12.1. The van der Waals surface area contributed by atoms with Crippen molar-refractivity contribution in [3.05, 3.63) is 35.5 Å². The van der Waals surface area contributed by atoms with Gasteiger partial charge >= 0.3 is 0 Å². The van der Waals surface area contributed by atoms with Gasteiger partial charge in [0, 0.05) is 46.8 Å². The number of aromatic nitrogens is 1. The summed E-state index contributed by atoms with van der Waals surface area (Å²) in [7, 11) is 0. The van der Waals surface area contributed by atoms with Crippen LogP contribution < -0.4 is 0 Å². The number of β-amino-alcohol motifs (C(OH)–C–C–N with tert-alkyl or cyclic N) is 1. The summed E-state index contributed by atoms with van der Waals surface area (Å²) in [6.07, 6.45) is 2.58. The number of hydrogen-bond donors (Lipinski definition) is 1. The van der Waals surface area contributed by atoms with Crippen LogP contribution in [0.4, 0.5) is 0 Å². The number of carbonyl (C=O) groups is 1. The molecule has 0 saturated carbocycles. The van der Waals surface area contributed by atoms with Gasteiger partial charge in [0.05, 0.1) is 11.6 Å². The molecule has 0 radical (unpaired) electrons. The molecule has 1 atom stereocenters. The highest BCUT2D eigenvalue weighted by molar-refractivity contribution is 7.99. The first-order chi connectivity index (χ1) is 10.6. The largest absolute Gasteiger partial charge is 0.391 e. The van der Waals surface area contributed by atoms with E-state index in [4.69, 9.17) is 11.6 Å². The van der Waals surface area contributed by atoms with Crippen LogP contribution in [-0.4, -0.2) is 45.8 Å². The molecule has 1 aliphatic heterocycles. The minimum Gasteiger partial charge on any atom is -0.391 e. The fourth-order valence-corrected chi connectivity index (χ4v) is 3.74. The van der Waals surface area contributed by atoms with Crippen LogP contribution in [0.15, 0.2) is 35.4 Å². The van der Waals surface area contributed by atoms with E-state index in [0.29, 0.717) is 36.7 Å². The van der Waals surface area contributed by atoms with Crippen molar-refractivity contribution in [2.24, 2.45) is 0 Å². The number of hydrogen-bond acceptors (Lipinski definition) is 4. The molecule has 1 saturated heterocycles. The predicted octanol–water partition coefficient (Wildman–Crippen LogP) is 2.96. The summed E-state index contributed by atoms with van der Waals surface area (Å²) in [5, 5.41) is 11.2. The molecule has 1 aromatic heterocycles. The number of pyridine rings is 1. The molecule has 1 amide bonds. The fraction of sp³-hybridized carbons (Fsp3) is 0.375. The smallest absolute Gasteiger partial charge is 0.223 e. The van der Waals surface area contributed by atoms with Gasteiger partial charge in [0.15, 0.2) is 0 Å². The van der Waals surface area contributed by atoms with Crippen LogP contribution in [0.5, 0.6) is 0 Å². The van der Waals surface area contributed by atoms with Crippen LogP contribution in [0.25, 0.3) is 10.9 Å². The number of benzene rings is 1. The molecule has 2 aromatic rings. The number of likely N-dealkylation sites (tertiary alicyclic amines) is 1. The zero-order valence-electron chi connectivity index (χ0n) is 12.0. The average Bonchev–Trinajstić information content (AvgIpc) is 2.93. The lowest BCUT2D eigenvalue weighted by Crippen LogP contribution is -2.29. The van der Waals surface area contributed by atoms with Crippen LogP contribution >= 0.6 is 23.4 Å². The van der Waals surface area contributed by atoms with E-state index in [1.54, 1.807) is 22.9 Å². The Morgan fingerprint density at radius 2 is 2.32 bits per heavy atom. The zero-order chi connectivity index (χ0) is 15.5. The van der Waals surface area contributed by atoms with Gasteiger partial charge in [0.2, 0.25) is 5.91 Å². The van der Waals surface area contributed by atoms with Crippen molar-refractivity contribution in [2.75, 3.05) is 18.8 Å². The third-order valence-electron chi connectivity index (χ3n) is 3.75. The molecule has 1 N–H and O–H groups in total. The van der Waals surface area contributed by atoms with Crippen LogP contribution in [0.1, 0.15) is 12.8 Å². The summed E-state index contributed by atoms with van der Waals surface area (Å²) >= 11 is 7.63. The van der Waals surface area contributed by atoms with E-state index in [9.17, 15) is 9.90 Å². The number of carbonyl (C=O) groups excluding carboxylic acids is 1. The summed E-state index contributed by atoms with van der Waals surface area (Å²) in [6, 6.07) is 7.63.